The molecule has 1 unspecified atom stereocenters. The maximum absolute atomic E-state index is 13.6. The molecule has 5 nitrogen and oxygen atoms in total. The minimum Gasteiger partial charge on any atom is -0.330 e. The summed E-state index contributed by atoms with van der Waals surface area (Å²) in [4.78, 5) is 15.6. The molecular weight excluding hydrogens is 384 g/mol. The van der Waals surface area contributed by atoms with Crippen molar-refractivity contribution in [2.75, 3.05) is 13.1 Å². The maximum atomic E-state index is 13.6. The van der Waals surface area contributed by atoms with E-state index in [1.165, 1.54) is 16.7 Å². The van der Waals surface area contributed by atoms with Crippen molar-refractivity contribution < 1.29 is 4.79 Å². The topological polar surface area (TPSA) is 61.0 Å². The summed E-state index contributed by atoms with van der Waals surface area (Å²) < 4.78 is 0. The zero-order valence-electron chi connectivity index (χ0n) is 16.2. The average Bonchev–Trinajstić information content (AvgIpc) is 3.18. The third-order valence-corrected chi connectivity index (χ3v) is 5.95. The predicted octanol–water partition coefficient (Wildman–Crippen LogP) is 3.46. The van der Waals surface area contributed by atoms with Gasteiger partial charge in [-0.2, -0.15) is 5.10 Å². The van der Waals surface area contributed by atoms with Crippen molar-refractivity contribution in [3.05, 3.63) is 88.2 Å². The number of rotatable bonds is 3. The summed E-state index contributed by atoms with van der Waals surface area (Å²) in [7, 11) is 0. The second-order valence-electron chi connectivity index (χ2n) is 7.61. The van der Waals surface area contributed by atoms with Crippen molar-refractivity contribution in [3.63, 3.8) is 0 Å². The molecule has 2 N–H and O–H groups in total. The number of nitrogens with zero attached hydrogens (tertiary/aromatic N) is 2. The molecule has 0 radical (unpaired) electrons. The van der Waals surface area contributed by atoms with Crippen molar-refractivity contribution in [1.82, 2.24) is 20.4 Å². The van der Waals surface area contributed by atoms with Crippen LogP contribution in [0, 0.1) is 0 Å². The second kappa shape index (κ2) is 8.39. The first kappa shape index (κ1) is 19.7. The second-order valence-corrected chi connectivity index (χ2v) is 7.61. The van der Waals surface area contributed by atoms with E-state index in [9.17, 15) is 4.79 Å². The Labute approximate surface area is 176 Å². The first-order chi connectivity index (χ1) is 13.8. The summed E-state index contributed by atoms with van der Waals surface area (Å²) in [5, 5.41) is 10.9. The highest BCUT2D eigenvalue weighted by Crippen LogP contribution is 2.34. The number of amides is 1. The summed E-state index contributed by atoms with van der Waals surface area (Å²) in [5.74, 6) is 0.0386. The van der Waals surface area contributed by atoms with Gasteiger partial charge in [0.05, 0.1) is 6.04 Å². The van der Waals surface area contributed by atoms with Gasteiger partial charge in [-0.1, -0.05) is 54.6 Å². The van der Waals surface area contributed by atoms with E-state index in [-0.39, 0.29) is 24.4 Å². The van der Waals surface area contributed by atoms with E-state index in [0.717, 1.165) is 43.6 Å². The van der Waals surface area contributed by atoms with E-state index >= 15 is 0 Å². The van der Waals surface area contributed by atoms with E-state index in [2.05, 4.69) is 64.0 Å². The van der Waals surface area contributed by atoms with Gasteiger partial charge in [-0.15, -0.1) is 12.4 Å². The lowest BCUT2D eigenvalue weighted by molar-refractivity contribution is 0.0652. The Morgan fingerprint density at radius 2 is 1.86 bits per heavy atom. The first-order valence-electron chi connectivity index (χ1n) is 10.0. The summed E-state index contributed by atoms with van der Waals surface area (Å²) >= 11 is 0. The number of aromatic nitrogens is 2. The van der Waals surface area contributed by atoms with Crippen molar-refractivity contribution in [3.8, 4) is 0 Å². The molecule has 0 spiro atoms. The molecule has 0 saturated carbocycles. The van der Waals surface area contributed by atoms with E-state index < -0.39 is 0 Å². The predicted molar refractivity (Wildman–Crippen MR) is 115 cm³/mol. The number of halogens is 1. The summed E-state index contributed by atoms with van der Waals surface area (Å²) in [6, 6.07) is 19.0. The Balaban J connectivity index is 0.00000205. The van der Waals surface area contributed by atoms with Crippen molar-refractivity contribution in [2.45, 2.75) is 31.8 Å². The van der Waals surface area contributed by atoms with Gasteiger partial charge in [-0.25, -0.2) is 0 Å². The number of H-pyrrole nitrogens is 1. The van der Waals surface area contributed by atoms with Crippen molar-refractivity contribution in [1.29, 1.82) is 0 Å². The monoisotopic (exact) mass is 408 g/mol. The standard InChI is InChI=1S/C23H24N4O.ClH/c28-23(22-19-15-24-12-10-20(19)25-26-22)27-13-11-17-8-4-5-9-18(17)21(27)14-16-6-2-1-3-7-16;/h1-9,21,24H,10-15H2,(H,25,26);1H. The fourth-order valence-electron chi connectivity index (χ4n) is 4.49. The van der Waals surface area contributed by atoms with Crippen LogP contribution in [-0.4, -0.2) is 34.1 Å². The van der Waals surface area contributed by atoms with Gasteiger partial charge in [-0.05, 0) is 29.5 Å². The lowest BCUT2D eigenvalue weighted by atomic mass is 9.88. The van der Waals surface area contributed by atoms with Gasteiger partial charge >= 0.3 is 0 Å². The molecule has 3 aromatic rings. The molecule has 0 fully saturated rings. The highest BCUT2D eigenvalue weighted by molar-refractivity contribution is 5.94. The molecule has 3 heterocycles. The van der Waals surface area contributed by atoms with Crippen LogP contribution in [-0.2, 0) is 25.8 Å². The third-order valence-electron chi connectivity index (χ3n) is 5.95. The zero-order chi connectivity index (χ0) is 18.9. The Morgan fingerprint density at radius 3 is 2.72 bits per heavy atom. The lowest BCUT2D eigenvalue weighted by Gasteiger charge is -2.37. The van der Waals surface area contributed by atoms with Crippen LogP contribution in [0.1, 0.15) is 44.5 Å². The lowest BCUT2D eigenvalue weighted by Crippen LogP contribution is -2.41. The van der Waals surface area contributed by atoms with E-state index in [1.54, 1.807) is 0 Å². The van der Waals surface area contributed by atoms with Crippen LogP contribution in [0.5, 0.6) is 0 Å². The Hall–Kier alpha value is -2.63. The quantitative estimate of drug-likeness (QED) is 0.697. The minimum absolute atomic E-state index is 0. The van der Waals surface area contributed by atoms with Gasteiger partial charge in [0, 0.05) is 37.3 Å². The van der Waals surface area contributed by atoms with E-state index in [0.29, 0.717) is 12.2 Å². The van der Waals surface area contributed by atoms with Crippen LogP contribution >= 0.6 is 12.4 Å². The van der Waals surface area contributed by atoms with Gasteiger partial charge in [0.2, 0.25) is 0 Å². The number of benzene rings is 2. The maximum Gasteiger partial charge on any atom is 0.275 e. The number of hydrogen-bond donors (Lipinski definition) is 2. The molecule has 0 saturated heterocycles. The van der Waals surface area contributed by atoms with Gasteiger partial charge in [0.25, 0.3) is 5.91 Å². The number of nitrogens with one attached hydrogen (secondary N) is 2. The zero-order valence-corrected chi connectivity index (χ0v) is 17.0. The molecule has 5 rings (SSSR count). The van der Waals surface area contributed by atoms with Crippen LogP contribution in [0.25, 0.3) is 0 Å². The van der Waals surface area contributed by atoms with Crippen molar-refractivity contribution >= 4 is 18.3 Å². The fourth-order valence-corrected chi connectivity index (χ4v) is 4.49. The number of aromatic amines is 1. The molecule has 1 amide bonds. The largest absolute Gasteiger partial charge is 0.330 e. The van der Waals surface area contributed by atoms with Crippen LogP contribution in [0.4, 0.5) is 0 Å². The van der Waals surface area contributed by atoms with Gasteiger partial charge in [0.15, 0.2) is 5.69 Å². The van der Waals surface area contributed by atoms with Crippen LogP contribution in [0.2, 0.25) is 0 Å². The number of carbonyl (C=O) groups excluding carboxylic acids is 1. The van der Waals surface area contributed by atoms with Gasteiger partial charge in [0.1, 0.15) is 0 Å². The first-order valence-corrected chi connectivity index (χ1v) is 10.0. The molecule has 6 heteroatoms. The number of fused-ring (bicyclic) bond motifs is 2. The van der Waals surface area contributed by atoms with Gasteiger partial charge < -0.3 is 10.2 Å². The van der Waals surface area contributed by atoms with E-state index in [1.807, 2.05) is 11.0 Å². The molecule has 0 aliphatic carbocycles. The van der Waals surface area contributed by atoms with Crippen molar-refractivity contribution in [2.24, 2.45) is 0 Å². The van der Waals surface area contributed by atoms with Crippen LogP contribution in [0.15, 0.2) is 54.6 Å². The number of carbonyl (C=O) groups is 1. The third kappa shape index (κ3) is 3.68. The Bertz CT molecular complexity index is 1000. The van der Waals surface area contributed by atoms with Crippen LogP contribution < -0.4 is 5.32 Å². The Kier molecular flexibility index (Phi) is 5.69. The molecule has 2 aliphatic rings. The minimum atomic E-state index is 0. The summed E-state index contributed by atoms with van der Waals surface area (Å²) in [6.07, 6.45) is 2.60. The average molecular weight is 409 g/mol. The van der Waals surface area contributed by atoms with E-state index in [4.69, 9.17) is 0 Å². The summed E-state index contributed by atoms with van der Waals surface area (Å²) in [6.45, 7) is 2.36. The molecular formula is C23H25ClN4O. The molecule has 150 valence electrons. The van der Waals surface area contributed by atoms with Gasteiger partial charge in [-0.3, -0.25) is 9.89 Å². The smallest absolute Gasteiger partial charge is 0.275 e. The normalized spacial score (nSPS) is 17.8. The Morgan fingerprint density at radius 1 is 1.07 bits per heavy atom. The highest BCUT2D eigenvalue weighted by Gasteiger charge is 2.34. The van der Waals surface area contributed by atoms with Crippen LogP contribution in [0.3, 0.4) is 0 Å². The highest BCUT2D eigenvalue weighted by atomic mass is 35.5. The fraction of sp³-hybridized carbons (Fsp3) is 0.304. The molecule has 1 atom stereocenters. The molecule has 29 heavy (non-hydrogen) atoms. The molecule has 0 bridgehead atoms. The molecule has 1 aromatic heterocycles. The number of hydrogen-bond acceptors (Lipinski definition) is 3. The summed E-state index contributed by atoms with van der Waals surface area (Å²) in [5.41, 5.74) is 6.56. The molecule has 2 aromatic carbocycles. The SMILES string of the molecule is Cl.O=C(c1n[nH]c2c1CNCC2)N1CCc2ccccc2C1Cc1ccccc1. The molecule has 2 aliphatic heterocycles.